The normalized spacial score (nSPS) is 30.6. The smallest absolute Gasteiger partial charge is 0.235 e. The maximum absolute atomic E-state index is 14.2. The lowest BCUT2D eigenvalue weighted by atomic mass is 9.95. The number of amides is 2. The van der Waals surface area contributed by atoms with Crippen LogP contribution in [0.15, 0.2) is 0 Å². The highest BCUT2D eigenvalue weighted by molar-refractivity contribution is 6.00. The van der Waals surface area contributed by atoms with Gasteiger partial charge in [-0.1, -0.05) is 103 Å². The molecule has 4 aliphatic rings. The maximum Gasteiger partial charge on any atom is 0.235 e. The van der Waals surface area contributed by atoms with E-state index in [0.717, 1.165) is 19.3 Å². The summed E-state index contributed by atoms with van der Waals surface area (Å²) in [4.78, 5) is 32.2. The number of hydrogen-bond donors (Lipinski definition) is 0. The quantitative estimate of drug-likeness (QED) is 0.0609. The fraction of sp³-hybridized carbons (Fsp3) is 0.944. The second-order valence-corrected chi connectivity index (χ2v) is 15.6. The lowest BCUT2D eigenvalue weighted by molar-refractivity contribution is -0.149. The van der Waals surface area contributed by atoms with Crippen LogP contribution >= 0.6 is 0 Å². The molecule has 0 bridgehead atoms. The lowest BCUT2D eigenvalue weighted by Gasteiger charge is -2.33. The van der Waals surface area contributed by atoms with Crippen LogP contribution in [0.5, 0.6) is 0 Å². The van der Waals surface area contributed by atoms with Crippen LogP contribution in [0.1, 0.15) is 137 Å². The molecule has 0 radical (unpaired) electrons. The Morgan fingerprint density at radius 2 is 0.750 bits per heavy atom. The van der Waals surface area contributed by atoms with Gasteiger partial charge in [0.15, 0.2) is 0 Å². The van der Waals surface area contributed by atoms with Crippen LogP contribution in [0.25, 0.3) is 0 Å². The highest BCUT2D eigenvalue weighted by Crippen LogP contribution is 2.35. The van der Waals surface area contributed by atoms with Crippen LogP contribution in [0.4, 0.5) is 0 Å². The van der Waals surface area contributed by atoms with E-state index in [1.807, 2.05) is 37.5 Å². The van der Waals surface area contributed by atoms with E-state index < -0.39 is 5.92 Å². The van der Waals surface area contributed by atoms with E-state index in [0.29, 0.717) is 59.0 Å². The molecule has 4 unspecified atom stereocenters. The fourth-order valence-electron chi connectivity index (χ4n) is 6.41. The van der Waals surface area contributed by atoms with Crippen LogP contribution in [0.2, 0.25) is 0 Å². The van der Waals surface area contributed by atoms with Crippen LogP contribution < -0.4 is 0 Å². The van der Waals surface area contributed by atoms with E-state index in [4.69, 9.17) is 18.9 Å². The van der Waals surface area contributed by atoms with E-state index in [9.17, 15) is 9.59 Å². The summed E-state index contributed by atoms with van der Waals surface area (Å²) in [5, 5.41) is 0. The van der Waals surface area contributed by atoms with Crippen molar-refractivity contribution in [3.8, 4) is 0 Å². The molecule has 44 heavy (non-hydrogen) atoms. The van der Waals surface area contributed by atoms with E-state index in [2.05, 4.69) is 6.92 Å². The molecule has 4 fully saturated rings. The average Bonchev–Trinajstić information content (AvgIpc) is 3.84. The van der Waals surface area contributed by atoms with Gasteiger partial charge in [-0.3, -0.25) is 9.59 Å². The van der Waals surface area contributed by atoms with Gasteiger partial charge in [0.1, 0.15) is 28.3 Å². The number of rotatable bonds is 26. The van der Waals surface area contributed by atoms with Crippen LogP contribution in [0.3, 0.4) is 0 Å². The molecular weight excluding hydrogens is 556 g/mol. The van der Waals surface area contributed by atoms with Crippen molar-refractivity contribution in [3.63, 3.8) is 0 Å². The predicted molar refractivity (Wildman–Crippen MR) is 174 cm³/mol. The third-order valence-electron chi connectivity index (χ3n) is 9.97. The van der Waals surface area contributed by atoms with E-state index in [-0.39, 0.29) is 34.2 Å². The Morgan fingerprint density at radius 3 is 1.00 bits per heavy atom. The lowest BCUT2D eigenvalue weighted by Crippen LogP contribution is -2.52. The SMILES string of the molecule is CCCCCCCCCCCCCCCCCC(C(=O)N(CC1(C)CO1)CC1(C)CO1)C(=O)N(CC1(C)CO1)CC1(C)CO1. The zero-order valence-electron chi connectivity index (χ0n) is 28.9. The van der Waals surface area contributed by atoms with Gasteiger partial charge in [-0.2, -0.15) is 0 Å². The molecule has 4 saturated heterocycles. The molecule has 4 atom stereocenters. The minimum atomic E-state index is -0.702. The topological polar surface area (TPSA) is 90.7 Å². The minimum absolute atomic E-state index is 0.0810. The van der Waals surface area contributed by atoms with Crippen LogP contribution in [-0.2, 0) is 28.5 Å². The first-order valence-electron chi connectivity index (χ1n) is 18.1. The van der Waals surface area contributed by atoms with Crippen LogP contribution in [0, 0.1) is 5.92 Å². The Labute approximate surface area is 268 Å². The standard InChI is InChI=1S/C36H64N2O6/c1-6-7-8-9-10-11-12-13-14-15-16-17-18-19-20-21-30(31(39)37(22-33(2)26-41-33)23-34(3)27-42-34)32(40)38(24-35(4)28-43-35)25-36(5)29-44-36/h30H,6-29H2,1-5H3. The van der Waals surface area contributed by atoms with Gasteiger partial charge in [0.2, 0.25) is 11.8 Å². The highest BCUT2D eigenvalue weighted by atomic mass is 16.6. The van der Waals surface area contributed by atoms with Crippen molar-refractivity contribution in [1.82, 2.24) is 9.80 Å². The van der Waals surface area contributed by atoms with Gasteiger partial charge in [0.25, 0.3) is 0 Å². The van der Waals surface area contributed by atoms with Crippen molar-refractivity contribution < 1.29 is 28.5 Å². The predicted octanol–water partition coefficient (Wildman–Crippen LogP) is 6.68. The molecular formula is C36H64N2O6. The first-order chi connectivity index (χ1) is 21.0. The highest BCUT2D eigenvalue weighted by Gasteiger charge is 2.51. The second kappa shape index (κ2) is 16.1. The van der Waals surface area contributed by atoms with Gasteiger partial charge in [0.05, 0.1) is 52.6 Å². The van der Waals surface area contributed by atoms with Gasteiger partial charge >= 0.3 is 0 Å². The number of carbonyl (C=O) groups is 2. The summed E-state index contributed by atoms with van der Waals surface area (Å²) in [6.07, 6.45) is 19.9. The van der Waals surface area contributed by atoms with Gasteiger partial charge in [-0.05, 0) is 34.1 Å². The summed E-state index contributed by atoms with van der Waals surface area (Å²) in [7, 11) is 0. The Hall–Kier alpha value is -1.22. The molecule has 0 aromatic carbocycles. The monoisotopic (exact) mass is 620 g/mol. The molecule has 0 aromatic heterocycles. The fourth-order valence-corrected chi connectivity index (χ4v) is 6.41. The Morgan fingerprint density at radius 1 is 0.500 bits per heavy atom. The molecule has 0 saturated carbocycles. The van der Waals surface area contributed by atoms with Gasteiger partial charge in [-0.25, -0.2) is 0 Å². The van der Waals surface area contributed by atoms with E-state index >= 15 is 0 Å². The van der Waals surface area contributed by atoms with Gasteiger partial charge < -0.3 is 28.7 Å². The molecule has 0 N–H and O–H groups in total. The maximum atomic E-state index is 14.2. The van der Waals surface area contributed by atoms with Crippen molar-refractivity contribution in [2.75, 3.05) is 52.6 Å². The molecule has 4 heterocycles. The molecule has 0 aromatic rings. The number of nitrogens with zero attached hydrogens (tertiary/aromatic N) is 2. The number of hydrogen-bond acceptors (Lipinski definition) is 6. The average molecular weight is 621 g/mol. The Kier molecular flexibility index (Phi) is 13.0. The van der Waals surface area contributed by atoms with Crippen LogP contribution in [-0.4, -0.2) is 96.6 Å². The molecule has 0 aliphatic carbocycles. The minimum Gasteiger partial charge on any atom is -0.368 e. The first-order valence-corrected chi connectivity index (χ1v) is 18.1. The molecule has 0 spiro atoms. The Balaban J connectivity index is 1.25. The van der Waals surface area contributed by atoms with E-state index in [1.165, 1.54) is 77.0 Å². The summed E-state index contributed by atoms with van der Waals surface area (Å²) in [5.41, 5.74) is -1.30. The number of epoxide rings is 4. The summed E-state index contributed by atoms with van der Waals surface area (Å²) < 4.78 is 22.7. The summed E-state index contributed by atoms with van der Waals surface area (Å²) >= 11 is 0. The van der Waals surface area contributed by atoms with Gasteiger partial charge in [-0.15, -0.1) is 0 Å². The number of ether oxygens (including phenoxy) is 4. The Bertz CT molecular complexity index is 812. The molecule has 254 valence electrons. The summed E-state index contributed by atoms with van der Waals surface area (Å²) in [6, 6.07) is 0. The summed E-state index contributed by atoms with van der Waals surface area (Å²) in [5.74, 6) is -0.864. The molecule has 4 aliphatic heterocycles. The largest absolute Gasteiger partial charge is 0.368 e. The zero-order valence-corrected chi connectivity index (χ0v) is 28.9. The van der Waals surface area contributed by atoms with Crippen molar-refractivity contribution in [3.05, 3.63) is 0 Å². The molecule has 4 rings (SSSR count). The summed E-state index contributed by atoms with van der Waals surface area (Å²) in [6.45, 7) is 15.0. The second-order valence-electron chi connectivity index (χ2n) is 15.6. The molecule has 2 amide bonds. The van der Waals surface area contributed by atoms with Crippen molar-refractivity contribution >= 4 is 11.8 Å². The number of carbonyl (C=O) groups excluding carboxylic acids is 2. The molecule has 8 heteroatoms. The first kappa shape index (κ1) is 35.6. The van der Waals surface area contributed by atoms with Gasteiger partial charge in [0, 0.05) is 0 Å². The third kappa shape index (κ3) is 12.5. The molecule has 8 nitrogen and oxygen atoms in total. The zero-order chi connectivity index (χ0) is 31.7. The van der Waals surface area contributed by atoms with E-state index in [1.54, 1.807) is 0 Å². The van der Waals surface area contributed by atoms with Crippen molar-refractivity contribution in [2.45, 2.75) is 160 Å². The number of unbranched alkanes of at least 4 members (excludes halogenated alkanes) is 14. The van der Waals surface area contributed by atoms with Crippen molar-refractivity contribution in [2.24, 2.45) is 5.92 Å². The van der Waals surface area contributed by atoms with Crippen molar-refractivity contribution in [1.29, 1.82) is 0 Å². The third-order valence-corrected chi connectivity index (χ3v) is 9.97.